The highest BCUT2D eigenvalue weighted by Gasteiger charge is 2.25. The van der Waals surface area contributed by atoms with E-state index in [9.17, 15) is 9.90 Å². The first-order valence-corrected chi connectivity index (χ1v) is 8.13. The number of likely N-dealkylation sites (tertiary alicyclic amines) is 1. The van der Waals surface area contributed by atoms with Gasteiger partial charge in [-0.2, -0.15) is 5.10 Å². The van der Waals surface area contributed by atoms with Gasteiger partial charge < -0.3 is 10.0 Å². The molecule has 2 heterocycles. The first kappa shape index (κ1) is 15.7. The molecule has 23 heavy (non-hydrogen) atoms. The predicted octanol–water partition coefficient (Wildman–Crippen LogP) is 2.41. The maximum Gasteiger partial charge on any atom is 0.253 e. The maximum atomic E-state index is 12.6. The summed E-state index contributed by atoms with van der Waals surface area (Å²) in [4.78, 5) is 14.5. The molecular formula is C18H23N3O2. The fourth-order valence-electron chi connectivity index (χ4n) is 3.08. The molecule has 5 nitrogen and oxygen atoms in total. The molecule has 1 aliphatic rings. The van der Waals surface area contributed by atoms with Crippen LogP contribution in [0.3, 0.4) is 0 Å². The van der Waals surface area contributed by atoms with Crippen molar-refractivity contribution >= 4 is 5.91 Å². The Kier molecular flexibility index (Phi) is 4.48. The molecule has 1 amide bonds. The van der Waals surface area contributed by atoms with Crippen molar-refractivity contribution in [2.24, 2.45) is 5.92 Å². The summed E-state index contributed by atoms with van der Waals surface area (Å²) in [6, 6.07) is 7.55. The van der Waals surface area contributed by atoms with Gasteiger partial charge in [-0.25, -0.2) is 4.68 Å². The summed E-state index contributed by atoms with van der Waals surface area (Å²) < 4.78 is 1.80. The Hall–Kier alpha value is -2.14. The van der Waals surface area contributed by atoms with Gasteiger partial charge in [0.25, 0.3) is 5.91 Å². The number of piperidine rings is 1. The number of aromatic nitrogens is 2. The van der Waals surface area contributed by atoms with Gasteiger partial charge in [-0.3, -0.25) is 4.79 Å². The molecule has 2 aromatic rings. The fraction of sp³-hybridized carbons (Fsp3) is 0.444. The Morgan fingerprint density at radius 1 is 1.26 bits per heavy atom. The third kappa shape index (κ3) is 3.45. The Labute approximate surface area is 136 Å². The van der Waals surface area contributed by atoms with Crippen molar-refractivity contribution in [1.29, 1.82) is 0 Å². The highest BCUT2D eigenvalue weighted by Crippen LogP contribution is 2.22. The molecule has 1 aromatic heterocycles. The number of aryl methyl sites for hydroxylation is 1. The molecule has 1 saturated heterocycles. The molecule has 1 aromatic carbocycles. The van der Waals surface area contributed by atoms with Gasteiger partial charge in [0.15, 0.2) is 0 Å². The molecule has 0 spiro atoms. The molecule has 1 aliphatic heterocycles. The molecule has 5 heteroatoms. The molecule has 0 aliphatic carbocycles. The van der Waals surface area contributed by atoms with E-state index in [0.717, 1.165) is 24.1 Å². The zero-order valence-corrected chi connectivity index (χ0v) is 13.6. The molecule has 1 unspecified atom stereocenters. The van der Waals surface area contributed by atoms with Gasteiger partial charge in [-0.05, 0) is 62.4 Å². The lowest BCUT2D eigenvalue weighted by Gasteiger charge is -2.33. The van der Waals surface area contributed by atoms with Crippen LogP contribution < -0.4 is 0 Å². The standard InChI is InChI=1S/C18H23N3O2/c1-13-11-19-21(12-13)17-5-3-16(4-6-17)18(23)20-9-7-15(8-10-20)14(2)22/h3-6,11-12,14-15,22H,7-10H2,1-2H3. The van der Waals surface area contributed by atoms with Crippen LogP contribution in [0.5, 0.6) is 0 Å². The number of hydrogen-bond acceptors (Lipinski definition) is 3. The number of hydrogen-bond donors (Lipinski definition) is 1. The van der Waals surface area contributed by atoms with Crippen LogP contribution in [-0.2, 0) is 0 Å². The van der Waals surface area contributed by atoms with E-state index in [1.807, 2.05) is 55.4 Å². The average molecular weight is 313 g/mol. The summed E-state index contributed by atoms with van der Waals surface area (Å²) in [6.07, 6.45) is 5.22. The number of carbonyl (C=O) groups is 1. The van der Waals surface area contributed by atoms with Crippen molar-refractivity contribution in [2.75, 3.05) is 13.1 Å². The largest absolute Gasteiger partial charge is 0.393 e. The van der Waals surface area contributed by atoms with E-state index in [1.165, 1.54) is 0 Å². The minimum Gasteiger partial charge on any atom is -0.393 e. The van der Waals surface area contributed by atoms with Crippen LogP contribution in [-0.4, -0.2) is 44.9 Å². The molecule has 1 fully saturated rings. The number of aliphatic hydroxyl groups is 1. The molecule has 1 atom stereocenters. The third-order valence-electron chi connectivity index (χ3n) is 4.60. The molecule has 0 saturated carbocycles. The summed E-state index contributed by atoms with van der Waals surface area (Å²) in [7, 11) is 0. The van der Waals surface area contributed by atoms with Crippen LogP contribution in [0.15, 0.2) is 36.7 Å². The van der Waals surface area contributed by atoms with Gasteiger partial charge in [0, 0.05) is 24.8 Å². The third-order valence-corrected chi connectivity index (χ3v) is 4.60. The van der Waals surface area contributed by atoms with E-state index in [0.29, 0.717) is 24.6 Å². The highest BCUT2D eigenvalue weighted by atomic mass is 16.3. The topological polar surface area (TPSA) is 58.4 Å². The Bertz CT molecular complexity index is 668. The van der Waals surface area contributed by atoms with Crippen LogP contribution in [0.4, 0.5) is 0 Å². The number of carbonyl (C=O) groups excluding carboxylic acids is 1. The summed E-state index contributed by atoms with van der Waals surface area (Å²) in [5.41, 5.74) is 2.75. The van der Waals surface area contributed by atoms with E-state index >= 15 is 0 Å². The first-order chi connectivity index (χ1) is 11.0. The van der Waals surface area contributed by atoms with Crippen LogP contribution in [0.25, 0.3) is 5.69 Å². The number of nitrogens with zero attached hydrogens (tertiary/aromatic N) is 3. The highest BCUT2D eigenvalue weighted by molar-refractivity contribution is 5.94. The normalized spacial score (nSPS) is 17.3. The molecular weight excluding hydrogens is 290 g/mol. The number of rotatable bonds is 3. The van der Waals surface area contributed by atoms with E-state index in [-0.39, 0.29) is 12.0 Å². The minimum atomic E-state index is -0.288. The van der Waals surface area contributed by atoms with Crippen molar-refractivity contribution in [1.82, 2.24) is 14.7 Å². The van der Waals surface area contributed by atoms with Gasteiger partial charge in [-0.15, -0.1) is 0 Å². The van der Waals surface area contributed by atoms with Gasteiger partial charge in [0.1, 0.15) is 0 Å². The van der Waals surface area contributed by atoms with Gasteiger partial charge >= 0.3 is 0 Å². The Balaban J connectivity index is 1.66. The second kappa shape index (κ2) is 6.54. The lowest BCUT2D eigenvalue weighted by atomic mass is 9.92. The van der Waals surface area contributed by atoms with E-state index in [1.54, 1.807) is 4.68 Å². The average Bonchev–Trinajstić information content (AvgIpc) is 3.01. The number of benzene rings is 1. The predicted molar refractivity (Wildman–Crippen MR) is 88.6 cm³/mol. The number of amides is 1. The number of aliphatic hydroxyl groups excluding tert-OH is 1. The molecule has 1 N–H and O–H groups in total. The Morgan fingerprint density at radius 2 is 1.91 bits per heavy atom. The van der Waals surface area contributed by atoms with Crippen molar-refractivity contribution in [3.63, 3.8) is 0 Å². The maximum absolute atomic E-state index is 12.6. The van der Waals surface area contributed by atoms with Crippen LogP contribution in [0.1, 0.15) is 35.7 Å². The molecule has 3 rings (SSSR count). The first-order valence-electron chi connectivity index (χ1n) is 8.13. The quantitative estimate of drug-likeness (QED) is 0.946. The van der Waals surface area contributed by atoms with E-state index in [2.05, 4.69) is 5.10 Å². The lowest BCUT2D eigenvalue weighted by molar-refractivity contribution is 0.0521. The van der Waals surface area contributed by atoms with Crippen LogP contribution in [0, 0.1) is 12.8 Å². The Morgan fingerprint density at radius 3 is 2.43 bits per heavy atom. The molecule has 0 bridgehead atoms. The summed E-state index contributed by atoms with van der Waals surface area (Å²) in [5, 5.41) is 13.9. The lowest BCUT2D eigenvalue weighted by Crippen LogP contribution is -2.40. The van der Waals surface area contributed by atoms with Crippen LogP contribution >= 0.6 is 0 Å². The van der Waals surface area contributed by atoms with E-state index in [4.69, 9.17) is 0 Å². The smallest absolute Gasteiger partial charge is 0.253 e. The summed E-state index contributed by atoms with van der Waals surface area (Å²) in [6.45, 7) is 5.26. The SMILES string of the molecule is Cc1cnn(-c2ccc(C(=O)N3CCC(C(C)O)CC3)cc2)c1. The second-order valence-corrected chi connectivity index (χ2v) is 6.38. The van der Waals surface area contributed by atoms with Crippen molar-refractivity contribution in [3.05, 3.63) is 47.8 Å². The minimum absolute atomic E-state index is 0.0669. The van der Waals surface area contributed by atoms with Gasteiger partial charge in [0.2, 0.25) is 0 Å². The van der Waals surface area contributed by atoms with E-state index < -0.39 is 0 Å². The molecule has 0 radical (unpaired) electrons. The van der Waals surface area contributed by atoms with Crippen molar-refractivity contribution in [3.8, 4) is 5.69 Å². The second-order valence-electron chi connectivity index (χ2n) is 6.38. The van der Waals surface area contributed by atoms with Crippen molar-refractivity contribution in [2.45, 2.75) is 32.8 Å². The van der Waals surface area contributed by atoms with Crippen LogP contribution in [0.2, 0.25) is 0 Å². The summed E-state index contributed by atoms with van der Waals surface area (Å²) in [5.74, 6) is 0.377. The van der Waals surface area contributed by atoms with Gasteiger partial charge in [-0.1, -0.05) is 0 Å². The molecule has 122 valence electrons. The fourth-order valence-corrected chi connectivity index (χ4v) is 3.08. The zero-order chi connectivity index (χ0) is 16.4. The monoisotopic (exact) mass is 313 g/mol. The summed E-state index contributed by atoms with van der Waals surface area (Å²) >= 11 is 0. The van der Waals surface area contributed by atoms with Crippen molar-refractivity contribution < 1.29 is 9.90 Å². The van der Waals surface area contributed by atoms with Gasteiger partial charge in [0.05, 0.1) is 18.0 Å². The zero-order valence-electron chi connectivity index (χ0n) is 13.6.